The normalized spacial score (nSPS) is 18.2. The van der Waals surface area contributed by atoms with Crippen LogP contribution in [0.1, 0.15) is 35.7 Å². The molecule has 0 radical (unpaired) electrons. The van der Waals surface area contributed by atoms with Crippen LogP contribution in [-0.2, 0) is 17.8 Å². The maximum absolute atomic E-state index is 12.8. The zero-order valence-corrected chi connectivity index (χ0v) is 17.9. The SMILES string of the molecule is CC(C)CN(Cc1cccnc1)C1CN(C(=O)c2cc(CN3CCOCC3)on2)C1. The van der Waals surface area contributed by atoms with E-state index in [2.05, 4.69) is 39.9 Å². The summed E-state index contributed by atoms with van der Waals surface area (Å²) < 4.78 is 10.8. The van der Waals surface area contributed by atoms with Crippen LogP contribution in [0.3, 0.4) is 0 Å². The number of morpholine rings is 1. The van der Waals surface area contributed by atoms with Gasteiger partial charge in [0, 0.05) is 63.8 Å². The van der Waals surface area contributed by atoms with Crippen molar-refractivity contribution in [3.05, 3.63) is 47.6 Å². The zero-order valence-electron chi connectivity index (χ0n) is 17.9. The van der Waals surface area contributed by atoms with Crippen LogP contribution >= 0.6 is 0 Å². The Labute approximate surface area is 177 Å². The van der Waals surface area contributed by atoms with Gasteiger partial charge in [-0.3, -0.25) is 19.6 Å². The van der Waals surface area contributed by atoms with E-state index in [9.17, 15) is 4.79 Å². The predicted octanol–water partition coefficient (Wildman–Crippen LogP) is 1.88. The number of carbonyl (C=O) groups excluding carboxylic acids is 1. The third-order valence-corrected chi connectivity index (χ3v) is 5.64. The Morgan fingerprint density at radius 1 is 1.30 bits per heavy atom. The number of nitrogens with zero attached hydrogens (tertiary/aromatic N) is 5. The topological polar surface area (TPSA) is 74.9 Å². The van der Waals surface area contributed by atoms with E-state index in [1.807, 2.05) is 17.2 Å². The first kappa shape index (κ1) is 21.0. The lowest BCUT2D eigenvalue weighted by Crippen LogP contribution is -2.61. The second-order valence-corrected chi connectivity index (χ2v) is 8.62. The van der Waals surface area contributed by atoms with E-state index in [0.29, 0.717) is 24.2 Å². The highest BCUT2D eigenvalue weighted by atomic mass is 16.5. The Bertz CT molecular complexity index is 813. The fraction of sp³-hybridized carbons (Fsp3) is 0.591. The molecule has 0 aliphatic carbocycles. The number of carbonyl (C=O) groups is 1. The molecule has 8 nitrogen and oxygen atoms in total. The number of aromatic nitrogens is 2. The fourth-order valence-electron chi connectivity index (χ4n) is 4.02. The van der Waals surface area contributed by atoms with E-state index in [4.69, 9.17) is 9.26 Å². The van der Waals surface area contributed by atoms with Gasteiger partial charge in [-0.05, 0) is 17.5 Å². The molecule has 0 bridgehead atoms. The Balaban J connectivity index is 1.31. The number of hydrogen-bond donors (Lipinski definition) is 0. The van der Waals surface area contributed by atoms with Gasteiger partial charge in [0.25, 0.3) is 5.91 Å². The molecule has 0 spiro atoms. The van der Waals surface area contributed by atoms with E-state index in [0.717, 1.165) is 58.2 Å². The molecule has 2 aliphatic rings. The van der Waals surface area contributed by atoms with Gasteiger partial charge in [0.05, 0.1) is 19.8 Å². The highest BCUT2D eigenvalue weighted by molar-refractivity contribution is 5.92. The van der Waals surface area contributed by atoms with Crippen LogP contribution in [0.25, 0.3) is 0 Å². The summed E-state index contributed by atoms with van der Waals surface area (Å²) in [6.07, 6.45) is 3.71. The first-order valence-corrected chi connectivity index (χ1v) is 10.8. The number of hydrogen-bond acceptors (Lipinski definition) is 7. The van der Waals surface area contributed by atoms with E-state index in [1.165, 1.54) is 5.56 Å². The molecular formula is C22H31N5O3. The first-order chi connectivity index (χ1) is 14.6. The van der Waals surface area contributed by atoms with E-state index in [-0.39, 0.29) is 5.91 Å². The Hall–Kier alpha value is -2.29. The van der Waals surface area contributed by atoms with Crippen LogP contribution < -0.4 is 0 Å². The van der Waals surface area contributed by atoms with Gasteiger partial charge in [-0.15, -0.1) is 0 Å². The molecule has 0 atom stereocenters. The quantitative estimate of drug-likeness (QED) is 0.654. The first-order valence-electron chi connectivity index (χ1n) is 10.8. The zero-order chi connectivity index (χ0) is 20.9. The average molecular weight is 414 g/mol. The van der Waals surface area contributed by atoms with Crippen molar-refractivity contribution in [1.29, 1.82) is 0 Å². The van der Waals surface area contributed by atoms with E-state index >= 15 is 0 Å². The molecule has 0 N–H and O–H groups in total. The lowest BCUT2D eigenvalue weighted by molar-refractivity contribution is 0.0190. The fourth-order valence-corrected chi connectivity index (χ4v) is 4.02. The third kappa shape index (κ3) is 5.24. The summed E-state index contributed by atoms with van der Waals surface area (Å²) in [4.78, 5) is 23.6. The smallest absolute Gasteiger partial charge is 0.276 e. The van der Waals surface area contributed by atoms with Crippen molar-refractivity contribution in [2.75, 3.05) is 45.9 Å². The molecular weight excluding hydrogens is 382 g/mol. The molecule has 2 aromatic rings. The van der Waals surface area contributed by atoms with Crippen molar-refractivity contribution in [3.8, 4) is 0 Å². The van der Waals surface area contributed by atoms with Crippen molar-refractivity contribution >= 4 is 5.91 Å². The minimum atomic E-state index is -0.0471. The molecule has 2 aliphatic heterocycles. The minimum absolute atomic E-state index is 0.0471. The van der Waals surface area contributed by atoms with Crippen LogP contribution in [0.2, 0.25) is 0 Å². The summed E-state index contributed by atoms with van der Waals surface area (Å²) in [5.41, 5.74) is 1.60. The van der Waals surface area contributed by atoms with Crippen LogP contribution in [-0.4, -0.2) is 82.7 Å². The molecule has 1 amide bonds. The van der Waals surface area contributed by atoms with Gasteiger partial charge in [-0.2, -0.15) is 0 Å². The maximum atomic E-state index is 12.8. The predicted molar refractivity (Wildman–Crippen MR) is 112 cm³/mol. The van der Waals surface area contributed by atoms with Gasteiger partial charge in [0.2, 0.25) is 0 Å². The molecule has 162 valence electrons. The van der Waals surface area contributed by atoms with Gasteiger partial charge in [0.1, 0.15) is 0 Å². The third-order valence-electron chi connectivity index (χ3n) is 5.64. The van der Waals surface area contributed by atoms with Crippen molar-refractivity contribution in [3.63, 3.8) is 0 Å². The summed E-state index contributed by atoms with van der Waals surface area (Å²) >= 11 is 0. The van der Waals surface area contributed by atoms with Gasteiger partial charge < -0.3 is 14.2 Å². The lowest BCUT2D eigenvalue weighted by Gasteiger charge is -2.45. The maximum Gasteiger partial charge on any atom is 0.276 e. The number of amides is 1. The molecule has 2 fully saturated rings. The summed E-state index contributed by atoms with van der Waals surface area (Å²) in [6, 6.07) is 6.22. The standard InChI is InChI=1S/C22H31N5O3/c1-17(2)12-26(13-18-4-3-5-23-11-18)19-14-27(15-19)22(28)21-10-20(30-24-21)16-25-6-8-29-9-7-25/h3-5,10-11,17,19H,6-9,12-16H2,1-2H3. The molecule has 0 unspecified atom stereocenters. The van der Waals surface area contributed by atoms with E-state index < -0.39 is 0 Å². The molecule has 0 saturated carbocycles. The van der Waals surface area contributed by atoms with Gasteiger partial charge in [0.15, 0.2) is 11.5 Å². The van der Waals surface area contributed by atoms with Gasteiger partial charge in [-0.25, -0.2) is 0 Å². The highest BCUT2D eigenvalue weighted by Crippen LogP contribution is 2.21. The minimum Gasteiger partial charge on any atom is -0.379 e. The second-order valence-electron chi connectivity index (χ2n) is 8.62. The molecule has 2 saturated heterocycles. The monoisotopic (exact) mass is 413 g/mol. The Morgan fingerprint density at radius 2 is 2.10 bits per heavy atom. The summed E-state index contributed by atoms with van der Waals surface area (Å²) in [7, 11) is 0. The van der Waals surface area contributed by atoms with Crippen molar-refractivity contribution in [2.24, 2.45) is 5.92 Å². The average Bonchev–Trinajstić information content (AvgIpc) is 3.16. The van der Waals surface area contributed by atoms with Crippen molar-refractivity contribution in [2.45, 2.75) is 33.0 Å². The molecule has 8 heteroatoms. The van der Waals surface area contributed by atoms with E-state index in [1.54, 1.807) is 12.3 Å². The van der Waals surface area contributed by atoms with Crippen LogP contribution in [0.5, 0.6) is 0 Å². The van der Waals surface area contributed by atoms with Crippen LogP contribution in [0.15, 0.2) is 35.1 Å². The summed E-state index contributed by atoms with van der Waals surface area (Å²) in [5.74, 6) is 1.24. The molecule has 30 heavy (non-hydrogen) atoms. The largest absolute Gasteiger partial charge is 0.379 e. The second kappa shape index (κ2) is 9.68. The molecule has 0 aromatic carbocycles. The summed E-state index contributed by atoms with van der Waals surface area (Å²) in [5, 5.41) is 4.02. The molecule has 4 rings (SSSR count). The van der Waals surface area contributed by atoms with Gasteiger partial charge in [-0.1, -0.05) is 25.1 Å². The lowest BCUT2D eigenvalue weighted by atomic mass is 10.0. The number of ether oxygens (including phenoxy) is 1. The van der Waals surface area contributed by atoms with Crippen LogP contribution in [0, 0.1) is 5.92 Å². The van der Waals surface area contributed by atoms with Crippen molar-refractivity contribution in [1.82, 2.24) is 24.8 Å². The van der Waals surface area contributed by atoms with Crippen LogP contribution in [0.4, 0.5) is 0 Å². The number of likely N-dealkylation sites (tertiary alicyclic amines) is 1. The number of rotatable bonds is 8. The van der Waals surface area contributed by atoms with Gasteiger partial charge >= 0.3 is 0 Å². The molecule has 2 aromatic heterocycles. The summed E-state index contributed by atoms with van der Waals surface area (Å²) in [6.45, 7) is 11.6. The number of pyridine rings is 1. The molecule has 4 heterocycles. The van der Waals surface area contributed by atoms with Crippen molar-refractivity contribution < 1.29 is 14.1 Å². The highest BCUT2D eigenvalue weighted by Gasteiger charge is 2.36. The Kier molecular flexibility index (Phi) is 6.76. The Morgan fingerprint density at radius 3 is 2.80 bits per heavy atom.